The lowest BCUT2D eigenvalue weighted by Gasteiger charge is -2.24. The van der Waals surface area contributed by atoms with E-state index in [9.17, 15) is 0 Å². The maximum atomic E-state index is 5.80. The monoisotopic (exact) mass is 215 g/mol. The number of likely N-dealkylation sites (N-methyl/N-ethyl adjacent to an activating group) is 1. The average molecular weight is 215 g/mol. The molecule has 0 rings (SSSR count). The van der Waals surface area contributed by atoms with Crippen molar-refractivity contribution in [1.29, 1.82) is 0 Å². The standard InChI is InChI=1S/C12H29N3/c1-5-14(6-2)9-8-10-15(7-3)11-12(4)13/h12H,5-11,13H2,1-4H3. The highest BCUT2D eigenvalue weighted by atomic mass is 15.1. The first-order valence-corrected chi connectivity index (χ1v) is 6.34. The van der Waals surface area contributed by atoms with E-state index in [2.05, 4.69) is 37.5 Å². The Labute approximate surface area is 95.6 Å². The first-order chi connectivity index (χ1) is 7.13. The summed E-state index contributed by atoms with van der Waals surface area (Å²) < 4.78 is 0. The molecule has 0 radical (unpaired) electrons. The summed E-state index contributed by atoms with van der Waals surface area (Å²) in [5.41, 5.74) is 5.80. The second-order valence-electron chi connectivity index (χ2n) is 4.25. The molecule has 1 atom stereocenters. The Morgan fingerprint density at radius 3 is 1.80 bits per heavy atom. The third-order valence-electron chi connectivity index (χ3n) is 2.84. The molecular weight excluding hydrogens is 186 g/mol. The van der Waals surface area contributed by atoms with Gasteiger partial charge in [-0.2, -0.15) is 0 Å². The van der Waals surface area contributed by atoms with Crippen LogP contribution in [-0.4, -0.2) is 55.1 Å². The molecule has 0 spiro atoms. The molecule has 0 aromatic heterocycles. The Morgan fingerprint density at radius 1 is 0.933 bits per heavy atom. The summed E-state index contributed by atoms with van der Waals surface area (Å²) in [4.78, 5) is 4.91. The molecule has 0 fully saturated rings. The van der Waals surface area contributed by atoms with E-state index in [4.69, 9.17) is 5.73 Å². The van der Waals surface area contributed by atoms with Crippen LogP contribution in [0.2, 0.25) is 0 Å². The van der Waals surface area contributed by atoms with Crippen LogP contribution in [0.15, 0.2) is 0 Å². The zero-order valence-corrected chi connectivity index (χ0v) is 11.0. The lowest BCUT2D eigenvalue weighted by molar-refractivity contribution is 0.237. The van der Waals surface area contributed by atoms with Gasteiger partial charge in [0.1, 0.15) is 0 Å². The smallest absolute Gasteiger partial charge is 0.0139 e. The first-order valence-electron chi connectivity index (χ1n) is 6.34. The van der Waals surface area contributed by atoms with E-state index in [-0.39, 0.29) is 0 Å². The molecule has 2 N–H and O–H groups in total. The van der Waals surface area contributed by atoms with Crippen LogP contribution in [0.3, 0.4) is 0 Å². The molecule has 15 heavy (non-hydrogen) atoms. The van der Waals surface area contributed by atoms with Crippen LogP contribution in [0.1, 0.15) is 34.1 Å². The number of nitrogens with two attached hydrogens (primary N) is 1. The zero-order chi connectivity index (χ0) is 11.7. The van der Waals surface area contributed by atoms with E-state index in [0.717, 1.165) is 26.2 Å². The average Bonchev–Trinajstić information content (AvgIpc) is 2.22. The summed E-state index contributed by atoms with van der Waals surface area (Å²) in [6.45, 7) is 15.6. The van der Waals surface area contributed by atoms with E-state index in [0.29, 0.717) is 6.04 Å². The number of hydrogen-bond donors (Lipinski definition) is 1. The van der Waals surface area contributed by atoms with Gasteiger partial charge in [-0.3, -0.25) is 0 Å². The van der Waals surface area contributed by atoms with Gasteiger partial charge < -0.3 is 15.5 Å². The Bertz CT molecular complexity index is 133. The largest absolute Gasteiger partial charge is 0.327 e. The molecule has 0 aliphatic heterocycles. The molecule has 0 aliphatic carbocycles. The van der Waals surface area contributed by atoms with Gasteiger partial charge in [-0.05, 0) is 46.1 Å². The van der Waals surface area contributed by atoms with Gasteiger partial charge in [-0.25, -0.2) is 0 Å². The summed E-state index contributed by atoms with van der Waals surface area (Å²) in [5.74, 6) is 0. The quantitative estimate of drug-likeness (QED) is 0.631. The summed E-state index contributed by atoms with van der Waals surface area (Å²) in [7, 11) is 0. The minimum Gasteiger partial charge on any atom is -0.327 e. The van der Waals surface area contributed by atoms with Crippen LogP contribution >= 0.6 is 0 Å². The van der Waals surface area contributed by atoms with Gasteiger partial charge in [0.2, 0.25) is 0 Å². The minimum atomic E-state index is 0.290. The van der Waals surface area contributed by atoms with E-state index >= 15 is 0 Å². The number of rotatable bonds is 9. The van der Waals surface area contributed by atoms with Crippen molar-refractivity contribution in [3.8, 4) is 0 Å². The molecule has 0 amide bonds. The molecule has 92 valence electrons. The molecular formula is C12H29N3. The van der Waals surface area contributed by atoms with Crippen LogP contribution in [0.4, 0.5) is 0 Å². The molecule has 0 heterocycles. The minimum absolute atomic E-state index is 0.290. The molecule has 0 saturated heterocycles. The van der Waals surface area contributed by atoms with E-state index in [1.807, 2.05) is 0 Å². The Hall–Kier alpha value is -0.120. The maximum Gasteiger partial charge on any atom is 0.0139 e. The van der Waals surface area contributed by atoms with Crippen LogP contribution in [0.5, 0.6) is 0 Å². The van der Waals surface area contributed by atoms with Crippen LogP contribution in [0.25, 0.3) is 0 Å². The van der Waals surface area contributed by atoms with E-state index in [1.54, 1.807) is 0 Å². The third-order valence-corrected chi connectivity index (χ3v) is 2.84. The zero-order valence-electron chi connectivity index (χ0n) is 11.0. The van der Waals surface area contributed by atoms with Crippen molar-refractivity contribution in [1.82, 2.24) is 9.80 Å². The Kier molecular flexibility index (Phi) is 9.06. The highest BCUT2D eigenvalue weighted by molar-refractivity contribution is 4.64. The van der Waals surface area contributed by atoms with Crippen molar-refractivity contribution in [2.75, 3.05) is 39.3 Å². The van der Waals surface area contributed by atoms with Crippen LogP contribution in [-0.2, 0) is 0 Å². The van der Waals surface area contributed by atoms with Gasteiger partial charge in [-0.1, -0.05) is 20.8 Å². The van der Waals surface area contributed by atoms with Gasteiger partial charge in [0.15, 0.2) is 0 Å². The van der Waals surface area contributed by atoms with Gasteiger partial charge in [0.05, 0.1) is 0 Å². The number of hydrogen-bond acceptors (Lipinski definition) is 3. The van der Waals surface area contributed by atoms with E-state index < -0.39 is 0 Å². The van der Waals surface area contributed by atoms with Crippen LogP contribution in [0, 0.1) is 0 Å². The molecule has 3 nitrogen and oxygen atoms in total. The Balaban J connectivity index is 3.61. The molecule has 0 aromatic carbocycles. The predicted molar refractivity (Wildman–Crippen MR) is 68.2 cm³/mol. The fraction of sp³-hybridized carbons (Fsp3) is 1.00. The Morgan fingerprint density at radius 2 is 1.40 bits per heavy atom. The van der Waals surface area contributed by atoms with Gasteiger partial charge >= 0.3 is 0 Å². The van der Waals surface area contributed by atoms with Gasteiger partial charge in [0, 0.05) is 12.6 Å². The molecule has 3 heteroatoms. The van der Waals surface area contributed by atoms with Crippen molar-refractivity contribution in [3.05, 3.63) is 0 Å². The van der Waals surface area contributed by atoms with Gasteiger partial charge in [0.25, 0.3) is 0 Å². The van der Waals surface area contributed by atoms with Gasteiger partial charge in [-0.15, -0.1) is 0 Å². The lowest BCUT2D eigenvalue weighted by Crippen LogP contribution is -2.37. The summed E-state index contributed by atoms with van der Waals surface area (Å²) >= 11 is 0. The van der Waals surface area contributed by atoms with Crippen molar-refractivity contribution in [3.63, 3.8) is 0 Å². The summed E-state index contributed by atoms with van der Waals surface area (Å²) in [5, 5.41) is 0. The lowest BCUT2D eigenvalue weighted by atomic mass is 10.3. The summed E-state index contributed by atoms with van der Waals surface area (Å²) in [6, 6.07) is 0.290. The van der Waals surface area contributed by atoms with Crippen molar-refractivity contribution in [2.24, 2.45) is 5.73 Å². The van der Waals surface area contributed by atoms with Crippen molar-refractivity contribution in [2.45, 2.75) is 40.2 Å². The molecule has 0 aliphatic rings. The first kappa shape index (κ1) is 14.9. The van der Waals surface area contributed by atoms with E-state index in [1.165, 1.54) is 19.5 Å². The molecule has 1 unspecified atom stereocenters. The van der Waals surface area contributed by atoms with Crippen molar-refractivity contribution >= 4 is 0 Å². The maximum absolute atomic E-state index is 5.80. The fourth-order valence-corrected chi connectivity index (χ4v) is 1.84. The highest BCUT2D eigenvalue weighted by Crippen LogP contribution is 1.96. The SMILES string of the molecule is CCN(CC)CCCN(CC)CC(C)N. The fourth-order valence-electron chi connectivity index (χ4n) is 1.84. The summed E-state index contributed by atoms with van der Waals surface area (Å²) in [6.07, 6.45) is 1.25. The topological polar surface area (TPSA) is 32.5 Å². The highest BCUT2D eigenvalue weighted by Gasteiger charge is 2.05. The molecule has 0 bridgehead atoms. The second-order valence-corrected chi connectivity index (χ2v) is 4.25. The predicted octanol–water partition coefficient (Wildman–Crippen LogP) is 1.39. The van der Waals surface area contributed by atoms with Crippen LogP contribution < -0.4 is 5.73 Å². The molecule has 0 aromatic rings. The normalized spacial score (nSPS) is 13.8. The third kappa shape index (κ3) is 7.77. The second kappa shape index (κ2) is 9.13. The number of nitrogens with zero attached hydrogens (tertiary/aromatic N) is 2. The van der Waals surface area contributed by atoms with Crippen molar-refractivity contribution < 1.29 is 0 Å². The molecule has 0 saturated carbocycles.